The summed E-state index contributed by atoms with van der Waals surface area (Å²) >= 11 is 0. The van der Waals surface area contributed by atoms with E-state index >= 15 is 0 Å². The minimum absolute atomic E-state index is 0.0892. The maximum atomic E-state index is 12.7. The Morgan fingerprint density at radius 2 is 0.629 bits per heavy atom. The van der Waals surface area contributed by atoms with Crippen LogP contribution < -0.4 is 0 Å². The summed E-state index contributed by atoms with van der Waals surface area (Å²) in [6, 6.07) is 0. The smallest absolute Gasteiger partial charge is 0.306 e. The Labute approximate surface area is 381 Å². The average molecular weight is 861 g/mol. The predicted molar refractivity (Wildman–Crippen MR) is 265 cm³/mol. The first-order valence-electron chi connectivity index (χ1n) is 25.2. The largest absolute Gasteiger partial charge is 0.462 e. The van der Waals surface area contributed by atoms with E-state index in [4.69, 9.17) is 14.2 Å². The summed E-state index contributed by atoms with van der Waals surface area (Å²) < 4.78 is 16.7. The van der Waals surface area contributed by atoms with Gasteiger partial charge in [-0.05, 0) is 96.3 Å². The number of allylic oxidation sites excluding steroid dienone is 16. The molecule has 0 N–H and O–H groups in total. The zero-order valence-electron chi connectivity index (χ0n) is 40.1. The standard InChI is InChI=1S/C56H92O6/c1-4-7-10-13-16-18-20-22-24-26-27-28-29-31-32-34-36-38-40-43-46-49-55(58)61-52-53(51-60-54(57)48-45-42-15-12-9-6-3)62-56(59)50-47-44-41-39-37-35-33-30-25-23-21-19-17-14-11-8-5-2/h7-8,10-11,16-19,22-25,27-28,31-32,53H,4-6,9,12-15,20-21,26,29-30,33-52H2,1-3H3/b10-7-,11-8-,18-16-,19-17-,24-22-,25-23-,28-27-,32-31-. The summed E-state index contributed by atoms with van der Waals surface area (Å²) in [5.74, 6) is -0.933. The topological polar surface area (TPSA) is 78.9 Å². The highest BCUT2D eigenvalue weighted by Gasteiger charge is 2.19. The van der Waals surface area contributed by atoms with Crippen LogP contribution in [0.1, 0.15) is 220 Å². The van der Waals surface area contributed by atoms with Crippen LogP contribution in [0.5, 0.6) is 0 Å². The zero-order chi connectivity index (χ0) is 45.1. The molecule has 1 atom stereocenters. The fourth-order valence-electron chi connectivity index (χ4n) is 6.60. The molecule has 0 amide bonds. The van der Waals surface area contributed by atoms with Crippen molar-refractivity contribution in [3.05, 3.63) is 97.2 Å². The second-order valence-corrected chi connectivity index (χ2v) is 16.3. The Morgan fingerprint density at radius 3 is 0.984 bits per heavy atom. The second-order valence-electron chi connectivity index (χ2n) is 16.3. The molecule has 0 spiro atoms. The molecule has 6 nitrogen and oxygen atoms in total. The first kappa shape index (κ1) is 58.3. The Morgan fingerprint density at radius 1 is 0.339 bits per heavy atom. The Kier molecular flexibility index (Phi) is 47.0. The van der Waals surface area contributed by atoms with Crippen LogP contribution in [-0.4, -0.2) is 37.2 Å². The van der Waals surface area contributed by atoms with Crippen LogP contribution in [0.25, 0.3) is 0 Å². The van der Waals surface area contributed by atoms with Crippen LogP contribution in [0.2, 0.25) is 0 Å². The molecule has 0 aromatic rings. The van der Waals surface area contributed by atoms with Crippen molar-refractivity contribution in [3.63, 3.8) is 0 Å². The maximum Gasteiger partial charge on any atom is 0.306 e. The van der Waals surface area contributed by atoms with Gasteiger partial charge in [-0.1, -0.05) is 201 Å². The van der Waals surface area contributed by atoms with E-state index in [0.717, 1.165) is 135 Å². The lowest BCUT2D eigenvalue weighted by atomic mass is 10.1. The van der Waals surface area contributed by atoms with Gasteiger partial charge in [0.25, 0.3) is 0 Å². The second kappa shape index (κ2) is 50.0. The van der Waals surface area contributed by atoms with E-state index < -0.39 is 6.10 Å². The Hall–Kier alpha value is -3.67. The molecule has 0 saturated heterocycles. The van der Waals surface area contributed by atoms with E-state index in [0.29, 0.717) is 19.3 Å². The van der Waals surface area contributed by atoms with Crippen molar-refractivity contribution in [2.24, 2.45) is 0 Å². The highest BCUT2D eigenvalue weighted by molar-refractivity contribution is 5.71. The summed E-state index contributed by atoms with van der Waals surface area (Å²) in [7, 11) is 0. The number of rotatable bonds is 44. The SMILES string of the molecule is CC/C=C\C/C=C\C/C=C\C/C=C\C/C=C\CCCCCCCC(=O)OCC(COC(=O)CCCCCCCC)OC(=O)CCCCCCCCC/C=C\C/C=C\C/C=C\CC. The number of carbonyl (C=O) groups excluding carboxylic acids is 3. The van der Waals surface area contributed by atoms with E-state index in [1.807, 2.05) is 0 Å². The van der Waals surface area contributed by atoms with Crippen LogP contribution in [0.3, 0.4) is 0 Å². The third kappa shape index (κ3) is 47.4. The molecule has 0 aromatic carbocycles. The van der Waals surface area contributed by atoms with Gasteiger partial charge in [-0.3, -0.25) is 14.4 Å². The van der Waals surface area contributed by atoms with Gasteiger partial charge in [0.1, 0.15) is 13.2 Å². The van der Waals surface area contributed by atoms with E-state index in [9.17, 15) is 14.4 Å². The third-order valence-corrected chi connectivity index (χ3v) is 10.3. The number of hydrogen-bond acceptors (Lipinski definition) is 6. The van der Waals surface area contributed by atoms with E-state index in [2.05, 4.69) is 118 Å². The predicted octanol–water partition coefficient (Wildman–Crippen LogP) is 16.6. The zero-order valence-corrected chi connectivity index (χ0v) is 40.1. The average Bonchev–Trinajstić information content (AvgIpc) is 3.27. The molecule has 352 valence electrons. The van der Waals surface area contributed by atoms with Gasteiger partial charge < -0.3 is 14.2 Å². The van der Waals surface area contributed by atoms with Crippen molar-refractivity contribution in [2.75, 3.05) is 13.2 Å². The van der Waals surface area contributed by atoms with Gasteiger partial charge in [-0.2, -0.15) is 0 Å². The summed E-state index contributed by atoms with van der Waals surface area (Å²) in [6.07, 6.45) is 65.5. The molecule has 0 aliphatic carbocycles. The van der Waals surface area contributed by atoms with Gasteiger partial charge in [0.05, 0.1) is 0 Å². The molecule has 0 saturated carbocycles. The van der Waals surface area contributed by atoms with Gasteiger partial charge in [-0.25, -0.2) is 0 Å². The Balaban J connectivity index is 4.29. The summed E-state index contributed by atoms with van der Waals surface area (Å²) in [6.45, 7) is 6.32. The van der Waals surface area contributed by atoms with Crippen molar-refractivity contribution >= 4 is 17.9 Å². The number of hydrogen-bond donors (Lipinski definition) is 0. The molecule has 0 aliphatic rings. The molecular formula is C56H92O6. The quantitative estimate of drug-likeness (QED) is 0.0263. The molecule has 62 heavy (non-hydrogen) atoms. The van der Waals surface area contributed by atoms with Crippen LogP contribution in [0.4, 0.5) is 0 Å². The number of unbranched alkanes of at least 4 members (excludes halogenated alkanes) is 17. The van der Waals surface area contributed by atoms with E-state index in [1.54, 1.807) is 0 Å². The molecule has 0 radical (unpaired) electrons. The highest BCUT2D eigenvalue weighted by Crippen LogP contribution is 2.13. The molecule has 0 aromatic heterocycles. The van der Waals surface area contributed by atoms with Gasteiger partial charge >= 0.3 is 17.9 Å². The Bertz CT molecular complexity index is 1260. The number of ether oxygens (including phenoxy) is 3. The van der Waals surface area contributed by atoms with Gasteiger partial charge in [0, 0.05) is 19.3 Å². The highest BCUT2D eigenvalue weighted by atomic mass is 16.6. The minimum Gasteiger partial charge on any atom is -0.462 e. The lowest BCUT2D eigenvalue weighted by Gasteiger charge is -2.18. The first-order valence-corrected chi connectivity index (χ1v) is 25.2. The minimum atomic E-state index is -0.788. The first-order chi connectivity index (χ1) is 30.5. The van der Waals surface area contributed by atoms with Crippen LogP contribution in [0, 0.1) is 0 Å². The molecule has 0 aliphatic heterocycles. The molecule has 0 rings (SSSR count). The van der Waals surface area contributed by atoms with Gasteiger partial charge in [0.15, 0.2) is 6.10 Å². The van der Waals surface area contributed by atoms with Crippen molar-refractivity contribution < 1.29 is 28.6 Å². The van der Waals surface area contributed by atoms with Crippen LogP contribution >= 0.6 is 0 Å². The monoisotopic (exact) mass is 861 g/mol. The molecule has 0 heterocycles. The summed E-state index contributed by atoms with van der Waals surface area (Å²) in [4.78, 5) is 37.7. The molecular weight excluding hydrogens is 769 g/mol. The normalized spacial score (nSPS) is 12.9. The van der Waals surface area contributed by atoms with Crippen molar-refractivity contribution in [3.8, 4) is 0 Å². The number of carbonyl (C=O) groups is 3. The molecule has 0 fully saturated rings. The number of esters is 3. The summed E-state index contributed by atoms with van der Waals surface area (Å²) in [5.41, 5.74) is 0. The van der Waals surface area contributed by atoms with E-state index in [1.165, 1.54) is 44.9 Å². The van der Waals surface area contributed by atoms with Gasteiger partial charge in [0.2, 0.25) is 0 Å². The molecule has 1 unspecified atom stereocenters. The van der Waals surface area contributed by atoms with E-state index in [-0.39, 0.29) is 31.1 Å². The fourth-order valence-corrected chi connectivity index (χ4v) is 6.60. The van der Waals surface area contributed by atoms with Crippen molar-refractivity contribution in [2.45, 2.75) is 226 Å². The maximum absolute atomic E-state index is 12.7. The lowest BCUT2D eigenvalue weighted by Crippen LogP contribution is -2.30. The third-order valence-electron chi connectivity index (χ3n) is 10.3. The van der Waals surface area contributed by atoms with Crippen molar-refractivity contribution in [1.29, 1.82) is 0 Å². The molecule has 6 heteroatoms. The van der Waals surface area contributed by atoms with Crippen molar-refractivity contribution in [1.82, 2.24) is 0 Å². The molecule has 0 bridgehead atoms. The lowest BCUT2D eigenvalue weighted by molar-refractivity contribution is -0.167. The fraction of sp³-hybridized carbons (Fsp3) is 0.661. The van der Waals surface area contributed by atoms with Crippen LogP contribution in [-0.2, 0) is 28.6 Å². The van der Waals surface area contributed by atoms with Crippen LogP contribution in [0.15, 0.2) is 97.2 Å². The van der Waals surface area contributed by atoms with Gasteiger partial charge in [-0.15, -0.1) is 0 Å². The summed E-state index contributed by atoms with van der Waals surface area (Å²) in [5, 5.41) is 0.